The van der Waals surface area contributed by atoms with Crippen LogP contribution in [0.5, 0.6) is 0 Å². The van der Waals surface area contributed by atoms with Gasteiger partial charge >= 0.3 is 0 Å². The molecule has 0 aromatic carbocycles. The Labute approximate surface area is 123 Å². The lowest BCUT2D eigenvalue weighted by Gasteiger charge is -2.15. The molecule has 1 fully saturated rings. The largest absolute Gasteiger partial charge is 0.376 e. The van der Waals surface area contributed by atoms with E-state index < -0.39 is 0 Å². The fraction of sp³-hybridized carbons (Fsp3) is 0.643. The average Bonchev–Trinajstić information content (AvgIpc) is 3.10. The van der Waals surface area contributed by atoms with Crippen molar-refractivity contribution in [2.45, 2.75) is 45.1 Å². The third kappa shape index (κ3) is 2.47. The fourth-order valence-electron chi connectivity index (χ4n) is 2.87. The highest BCUT2D eigenvalue weighted by molar-refractivity contribution is 5.82. The van der Waals surface area contributed by atoms with E-state index in [1.54, 1.807) is 12.7 Å². The van der Waals surface area contributed by atoms with Crippen LogP contribution in [0.25, 0.3) is 11.2 Å². The van der Waals surface area contributed by atoms with Crippen LogP contribution in [0.15, 0.2) is 12.7 Å². The molecule has 3 atom stereocenters. The van der Waals surface area contributed by atoms with Crippen molar-refractivity contribution in [3.8, 4) is 0 Å². The molecule has 1 aliphatic rings. The van der Waals surface area contributed by atoms with Crippen molar-refractivity contribution >= 4 is 17.0 Å². The van der Waals surface area contributed by atoms with Gasteiger partial charge in [0.2, 0.25) is 0 Å². The molecule has 21 heavy (non-hydrogen) atoms. The lowest BCUT2D eigenvalue weighted by Crippen LogP contribution is -2.23. The number of imidazole rings is 1. The van der Waals surface area contributed by atoms with Crippen molar-refractivity contribution in [2.75, 3.05) is 19.0 Å². The van der Waals surface area contributed by atoms with Crippen molar-refractivity contribution in [2.24, 2.45) is 0 Å². The molecule has 3 heterocycles. The predicted molar refractivity (Wildman–Crippen MR) is 79.1 cm³/mol. The zero-order valence-corrected chi connectivity index (χ0v) is 12.6. The highest BCUT2D eigenvalue weighted by Crippen LogP contribution is 2.34. The van der Waals surface area contributed by atoms with Gasteiger partial charge < -0.3 is 14.8 Å². The zero-order valence-electron chi connectivity index (χ0n) is 12.6. The average molecular weight is 291 g/mol. The Morgan fingerprint density at radius 1 is 1.38 bits per heavy atom. The number of aromatic nitrogens is 4. The molecule has 0 amide bonds. The van der Waals surface area contributed by atoms with Crippen LogP contribution in [0.4, 0.5) is 5.82 Å². The van der Waals surface area contributed by atoms with Crippen LogP contribution in [0, 0.1) is 0 Å². The summed E-state index contributed by atoms with van der Waals surface area (Å²) in [6.07, 6.45) is 5.23. The van der Waals surface area contributed by atoms with Gasteiger partial charge in [0, 0.05) is 20.1 Å². The van der Waals surface area contributed by atoms with Crippen molar-refractivity contribution in [1.82, 2.24) is 19.5 Å². The molecule has 7 heteroatoms. The van der Waals surface area contributed by atoms with Gasteiger partial charge in [-0.3, -0.25) is 4.57 Å². The molecule has 1 aliphatic heterocycles. The molecule has 0 aliphatic carbocycles. The minimum absolute atomic E-state index is 0.0869. The molecular formula is C14H21N5O2. The van der Waals surface area contributed by atoms with Crippen molar-refractivity contribution < 1.29 is 9.47 Å². The smallest absolute Gasteiger partial charge is 0.167 e. The van der Waals surface area contributed by atoms with Crippen LogP contribution in [-0.4, -0.2) is 45.4 Å². The number of hydrogen-bond acceptors (Lipinski definition) is 6. The lowest BCUT2D eigenvalue weighted by atomic mass is 10.1. The predicted octanol–water partition coefficient (Wildman–Crippen LogP) is 1.97. The standard InChI is InChI=1S/C14H21N5O2/c1-4-9-10(20-5-2)6-11(21-9)19-8-18-12-13(15-3)16-7-17-14(12)19/h7-11H,4-6H2,1-3H3,(H,15,16,17)/t9-,10?,11-/m1/s1. The molecule has 0 bridgehead atoms. The second kappa shape index (κ2) is 5.95. The number of nitrogens with one attached hydrogen (secondary N) is 1. The minimum Gasteiger partial charge on any atom is -0.376 e. The maximum atomic E-state index is 6.12. The molecule has 1 unspecified atom stereocenters. The summed E-state index contributed by atoms with van der Waals surface area (Å²) in [7, 11) is 1.82. The Kier molecular flexibility index (Phi) is 4.03. The number of ether oxygens (including phenoxy) is 2. The number of anilines is 1. The van der Waals surface area contributed by atoms with Gasteiger partial charge in [-0.15, -0.1) is 0 Å². The van der Waals surface area contributed by atoms with E-state index in [1.165, 1.54) is 0 Å². The highest BCUT2D eigenvalue weighted by Gasteiger charge is 2.36. The van der Waals surface area contributed by atoms with E-state index >= 15 is 0 Å². The monoisotopic (exact) mass is 291 g/mol. The van der Waals surface area contributed by atoms with E-state index in [4.69, 9.17) is 9.47 Å². The van der Waals surface area contributed by atoms with E-state index in [9.17, 15) is 0 Å². The van der Waals surface area contributed by atoms with Crippen LogP contribution in [0.2, 0.25) is 0 Å². The van der Waals surface area contributed by atoms with E-state index in [-0.39, 0.29) is 18.4 Å². The van der Waals surface area contributed by atoms with Gasteiger partial charge in [0.1, 0.15) is 18.1 Å². The lowest BCUT2D eigenvalue weighted by molar-refractivity contribution is -0.0359. The summed E-state index contributed by atoms with van der Waals surface area (Å²) in [6.45, 7) is 4.83. The molecule has 2 aromatic rings. The minimum atomic E-state index is -0.0869. The first-order valence-electron chi connectivity index (χ1n) is 7.40. The highest BCUT2D eigenvalue weighted by atomic mass is 16.6. The number of nitrogens with zero attached hydrogens (tertiary/aromatic N) is 4. The third-order valence-corrected chi connectivity index (χ3v) is 3.87. The first kappa shape index (κ1) is 14.2. The molecule has 114 valence electrons. The Balaban J connectivity index is 1.91. The summed E-state index contributed by atoms with van der Waals surface area (Å²) in [5.74, 6) is 0.727. The fourth-order valence-corrected chi connectivity index (χ4v) is 2.87. The topological polar surface area (TPSA) is 74.1 Å². The van der Waals surface area contributed by atoms with E-state index in [0.29, 0.717) is 6.61 Å². The number of rotatable bonds is 5. The van der Waals surface area contributed by atoms with Gasteiger partial charge in [-0.25, -0.2) is 15.0 Å². The van der Waals surface area contributed by atoms with Gasteiger partial charge in [0.15, 0.2) is 11.5 Å². The summed E-state index contributed by atoms with van der Waals surface area (Å²) in [6, 6.07) is 0. The summed E-state index contributed by atoms with van der Waals surface area (Å²) < 4.78 is 13.9. The molecule has 1 N–H and O–H groups in total. The molecule has 0 radical (unpaired) electrons. The summed E-state index contributed by atoms with van der Waals surface area (Å²) in [4.78, 5) is 12.9. The maximum absolute atomic E-state index is 6.12. The van der Waals surface area contributed by atoms with Gasteiger partial charge in [-0.1, -0.05) is 6.92 Å². The third-order valence-electron chi connectivity index (χ3n) is 3.87. The Morgan fingerprint density at radius 3 is 2.95 bits per heavy atom. The first-order chi connectivity index (χ1) is 10.3. The Morgan fingerprint density at radius 2 is 2.24 bits per heavy atom. The van der Waals surface area contributed by atoms with Crippen LogP contribution >= 0.6 is 0 Å². The quantitative estimate of drug-likeness (QED) is 0.908. The zero-order chi connectivity index (χ0) is 14.8. The first-order valence-corrected chi connectivity index (χ1v) is 7.40. The Hall–Kier alpha value is -1.73. The molecule has 7 nitrogen and oxygen atoms in total. The van der Waals surface area contributed by atoms with Crippen LogP contribution in [-0.2, 0) is 9.47 Å². The second-order valence-corrected chi connectivity index (χ2v) is 5.06. The molecule has 3 rings (SSSR count). The molecule has 1 saturated heterocycles. The van der Waals surface area contributed by atoms with Gasteiger partial charge in [-0.05, 0) is 13.3 Å². The van der Waals surface area contributed by atoms with Crippen molar-refractivity contribution in [3.05, 3.63) is 12.7 Å². The van der Waals surface area contributed by atoms with E-state index in [1.807, 2.05) is 18.5 Å². The van der Waals surface area contributed by atoms with E-state index in [0.717, 1.165) is 29.8 Å². The maximum Gasteiger partial charge on any atom is 0.167 e. The summed E-state index contributed by atoms with van der Waals surface area (Å²) in [5, 5.41) is 3.03. The van der Waals surface area contributed by atoms with Crippen molar-refractivity contribution in [3.63, 3.8) is 0 Å². The molecule has 0 saturated carbocycles. The SMILES string of the molecule is CCOC1C[C@H](n2cnc3c(NC)ncnc32)O[C@@H]1CC. The van der Waals surface area contributed by atoms with Crippen LogP contribution in [0.3, 0.4) is 0 Å². The summed E-state index contributed by atoms with van der Waals surface area (Å²) in [5.41, 5.74) is 1.54. The molecular weight excluding hydrogens is 270 g/mol. The number of hydrogen-bond donors (Lipinski definition) is 1. The second-order valence-electron chi connectivity index (χ2n) is 5.06. The molecule has 2 aromatic heterocycles. The molecule has 0 spiro atoms. The summed E-state index contributed by atoms with van der Waals surface area (Å²) >= 11 is 0. The normalized spacial score (nSPS) is 25.6. The van der Waals surface area contributed by atoms with Gasteiger partial charge in [-0.2, -0.15) is 0 Å². The van der Waals surface area contributed by atoms with Gasteiger partial charge in [0.25, 0.3) is 0 Å². The Bertz CT molecular complexity index is 614. The van der Waals surface area contributed by atoms with Crippen LogP contribution < -0.4 is 5.32 Å². The van der Waals surface area contributed by atoms with Crippen molar-refractivity contribution in [1.29, 1.82) is 0 Å². The number of fused-ring (bicyclic) bond motifs is 1. The van der Waals surface area contributed by atoms with Crippen LogP contribution in [0.1, 0.15) is 32.9 Å². The van der Waals surface area contributed by atoms with E-state index in [2.05, 4.69) is 27.2 Å². The van der Waals surface area contributed by atoms with Gasteiger partial charge in [0.05, 0.1) is 18.5 Å².